The Kier molecular flexibility index (Phi) is 4.77. The molecule has 1 heterocycles. The number of benzene rings is 1. The second-order valence-corrected chi connectivity index (χ2v) is 5.15. The van der Waals surface area contributed by atoms with Gasteiger partial charge in [-0.15, -0.1) is 13.2 Å². The van der Waals surface area contributed by atoms with E-state index < -0.39 is 24.5 Å². The van der Waals surface area contributed by atoms with Crippen LogP contribution < -0.4 is 5.56 Å². The van der Waals surface area contributed by atoms with Gasteiger partial charge in [-0.3, -0.25) is 4.79 Å². The van der Waals surface area contributed by atoms with Crippen LogP contribution in [0.1, 0.15) is 25.3 Å². The molecule has 0 saturated carbocycles. The molecule has 0 radical (unpaired) electrons. The van der Waals surface area contributed by atoms with E-state index in [4.69, 9.17) is 0 Å². The second-order valence-electron chi connectivity index (χ2n) is 5.15. The quantitative estimate of drug-likeness (QED) is 0.696. The van der Waals surface area contributed by atoms with Crippen LogP contribution in [0, 0.1) is 0 Å². The molecule has 0 unspecified atom stereocenters. The van der Waals surface area contributed by atoms with Gasteiger partial charge in [0.05, 0.1) is 11.9 Å². The van der Waals surface area contributed by atoms with E-state index in [1.807, 2.05) is 0 Å². The maximum absolute atomic E-state index is 13.0. The lowest BCUT2D eigenvalue weighted by Crippen LogP contribution is -2.30. The van der Waals surface area contributed by atoms with Crippen LogP contribution in [0.5, 0.6) is 0 Å². The highest BCUT2D eigenvalue weighted by atomic mass is 19.4. The molecule has 1 aromatic carbocycles. The van der Waals surface area contributed by atoms with Crippen molar-refractivity contribution in [2.75, 3.05) is 0 Å². The third kappa shape index (κ3) is 3.98. The number of fused-ring (bicyclic) bond motifs is 1. The Morgan fingerprint density at radius 2 is 1.75 bits per heavy atom. The number of hydrogen-bond donors (Lipinski definition) is 0. The van der Waals surface area contributed by atoms with Crippen molar-refractivity contribution in [2.45, 2.75) is 32.2 Å². The summed E-state index contributed by atoms with van der Waals surface area (Å²) in [5.41, 5.74) is -0.795. The number of nitrogens with zero attached hydrogens (tertiary/aromatic N) is 1. The molecule has 0 aliphatic rings. The van der Waals surface area contributed by atoms with Gasteiger partial charge < -0.3 is 0 Å². The molecule has 2 nitrogen and oxygen atoms in total. The van der Waals surface area contributed by atoms with Gasteiger partial charge in [0.1, 0.15) is 0 Å². The molecule has 0 aliphatic carbocycles. The summed E-state index contributed by atoms with van der Waals surface area (Å²) in [6.07, 6.45) is -9.04. The molecular formula is C16H13F6NO. The van der Waals surface area contributed by atoms with Gasteiger partial charge in [0.2, 0.25) is 0 Å². The van der Waals surface area contributed by atoms with E-state index in [0.29, 0.717) is 17.6 Å². The van der Waals surface area contributed by atoms with Gasteiger partial charge in [-0.05, 0) is 41.1 Å². The summed E-state index contributed by atoms with van der Waals surface area (Å²) < 4.78 is 75.7. The molecule has 1 aromatic heterocycles. The van der Waals surface area contributed by atoms with Gasteiger partial charge in [-0.1, -0.05) is 19.1 Å². The first kappa shape index (κ1) is 18.1. The minimum Gasteiger partial charge on any atom is -0.269 e. The molecule has 130 valence electrons. The normalized spacial score (nSPS) is 13.5. The van der Waals surface area contributed by atoms with Crippen LogP contribution in [0.2, 0.25) is 0 Å². The van der Waals surface area contributed by atoms with Crippen LogP contribution in [0.15, 0.2) is 41.2 Å². The van der Waals surface area contributed by atoms with Crippen molar-refractivity contribution in [3.63, 3.8) is 0 Å². The molecule has 0 atom stereocenters. The first-order chi connectivity index (χ1) is 11.0. The molecule has 0 amide bonds. The molecule has 0 spiro atoms. The number of alkyl halides is 6. The summed E-state index contributed by atoms with van der Waals surface area (Å²) in [5, 5.41) is 0.121. The van der Waals surface area contributed by atoms with Crippen LogP contribution in [0.3, 0.4) is 0 Å². The molecule has 2 aromatic rings. The summed E-state index contributed by atoms with van der Waals surface area (Å²) >= 11 is 0. The SMILES string of the molecule is CC/C(=C/CC(F)(F)F)c1ccc2c(ccc(=O)n2C(F)(F)F)c1. The standard InChI is InChI=1S/C16H13F6NO/c1-2-10(7-8-15(17,18)19)11-3-5-13-12(9-11)4-6-14(24)23(13)16(20,21)22/h3-7,9H,2,8H2,1H3/b10-7-. The molecular weight excluding hydrogens is 336 g/mol. The van der Waals surface area contributed by atoms with Crippen molar-refractivity contribution < 1.29 is 26.3 Å². The molecule has 8 heteroatoms. The molecule has 0 fully saturated rings. The Balaban J connectivity index is 2.57. The predicted molar refractivity (Wildman–Crippen MR) is 78.4 cm³/mol. The van der Waals surface area contributed by atoms with Gasteiger partial charge in [-0.25, -0.2) is 4.57 Å². The predicted octanol–water partition coefficient (Wildman–Crippen LogP) is 5.22. The van der Waals surface area contributed by atoms with Crippen LogP contribution in [-0.2, 0) is 6.30 Å². The van der Waals surface area contributed by atoms with E-state index in [1.54, 1.807) is 6.92 Å². The van der Waals surface area contributed by atoms with Crippen molar-refractivity contribution in [3.8, 4) is 0 Å². The number of pyridine rings is 1. The summed E-state index contributed by atoms with van der Waals surface area (Å²) in [6.45, 7) is 1.66. The summed E-state index contributed by atoms with van der Waals surface area (Å²) in [7, 11) is 0. The van der Waals surface area contributed by atoms with Crippen molar-refractivity contribution >= 4 is 16.5 Å². The molecule has 0 aliphatic heterocycles. The van der Waals surface area contributed by atoms with Crippen molar-refractivity contribution in [2.24, 2.45) is 0 Å². The maximum atomic E-state index is 13.0. The topological polar surface area (TPSA) is 22.0 Å². The lowest BCUT2D eigenvalue weighted by atomic mass is 10.00. The minimum absolute atomic E-state index is 0.121. The van der Waals surface area contributed by atoms with Crippen LogP contribution >= 0.6 is 0 Å². The summed E-state index contributed by atoms with van der Waals surface area (Å²) in [4.78, 5) is 11.5. The van der Waals surface area contributed by atoms with Crippen LogP contribution in [-0.4, -0.2) is 10.7 Å². The number of halogens is 6. The van der Waals surface area contributed by atoms with E-state index in [-0.39, 0.29) is 15.5 Å². The monoisotopic (exact) mass is 349 g/mol. The number of allylic oxidation sites excluding steroid dienone is 2. The average molecular weight is 349 g/mol. The fourth-order valence-electron chi connectivity index (χ4n) is 2.41. The van der Waals surface area contributed by atoms with Crippen LogP contribution in [0.4, 0.5) is 26.3 Å². The Labute approximate surface area is 133 Å². The molecule has 0 saturated heterocycles. The fourth-order valence-corrected chi connectivity index (χ4v) is 2.41. The average Bonchev–Trinajstić information content (AvgIpc) is 2.45. The van der Waals surface area contributed by atoms with E-state index in [9.17, 15) is 31.1 Å². The van der Waals surface area contributed by atoms with E-state index in [1.165, 1.54) is 18.2 Å². The Morgan fingerprint density at radius 3 is 2.29 bits per heavy atom. The number of hydrogen-bond acceptors (Lipinski definition) is 1. The maximum Gasteiger partial charge on any atom is 0.491 e. The molecule has 24 heavy (non-hydrogen) atoms. The molecule has 0 bridgehead atoms. The smallest absolute Gasteiger partial charge is 0.269 e. The third-order valence-electron chi connectivity index (χ3n) is 3.48. The van der Waals surface area contributed by atoms with Gasteiger partial charge in [0, 0.05) is 6.07 Å². The van der Waals surface area contributed by atoms with Gasteiger partial charge in [0.15, 0.2) is 0 Å². The van der Waals surface area contributed by atoms with Crippen molar-refractivity contribution in [1.82, 2.24) is 4.57 Å². The first-order valence-electron chi connectivity index (χ1n) is 7.02. The van der Waals surface area contributed by atoms with Crippen LogP contribution in [0.25, 0.3) is 16.5 Å². The van der Waals surface area contributed by atoms with E-state index in [2.05, 4.69) is 0 Å². The highest BCUT2D eigenvalue weighted by Crippen LogP contribution is 2.29. The van der Waals surface area contributed by atoms with Gasteiger partial charge in [0.25, 0.3) is 5.56 Å². The summed E-state index contributed by atoms with van der Waals surface area (Å²) in [6, 6.07) is 5.74. The fraction of sp³-hybridized carbons (Fsp3) is 0.312. The zero-order valence-corrected chi connectivity index (χ0v) is 12.5. The molecule has 0 N–H and O–H groups in total. The van der Waals surface area contributed by atoms with Gasteiger partial charge >= 0.3 is 12.5 Å². The van der Waals surface area contributed by atoms with Gasteiger partial charge in [-0.2, -0.15) is 13.2 Å². The Bertz CT molecular complexity index is 829. The number of rotatable bonds is 3. The highest BCUT2D eigenvalue weighted by molar-refractivity contribution is 5.84. The molecule has 2 rings (SSSR count). The third-order valence-corrected chi connectivity index (χ3v) is 3.48. The highest BCUT2D eigenvalue weighted by Gasteiger charge is 2.33. The second kappa shape index (κ2) is 6.33. The zero-order chi connectivity index (χ0) is 18.1. The van der Waals surface area contributed by atoms with E-state index in [0.717, 1.165) is 18.2 Å². The lowest BCUT2D eigenvalue weighted by molar-refractivity contribution is -0.203. The Morgan fingerprint density at radius 1 is 1.08 bits per heavy atom. The zero-order valence-electron chi connectivity index (χ0n) is 12.5. The van der Waals surface area contributed by atoms with Crippen molar-refractivity contribution in [3.05, 3.63) is 52.3 Å². The van der Waals surface area contributed by atoms with Crippen molar-refractivity contribution in [1.29, 1.82) is 0 Å². The first-order valence-corrected chi connectivity index (χ1v) is 7.02. The minimum atomic E-state index is -4.88. The number of aromatic nitrogens is 1. The summed E-state index contributed by atoms with van der Waals surface area (Å²) in [5.74, 6) is 0. The largest absolute Gasteiger partial charge is 0.491 e. The Hall–Kier alpha value is -2.25. The lowest BCUT2D eigenvalue weighted by Gasteiger charge is -2.14. The van der Waals surface area contributed by atoms with E-state index >= 15 is 0 Å².